The van der Waals surface area contributed by atoms with Crippen LogP contribution in [0.25, 0.3) is 0 Å². The van der Waals surface area contributed by atoms with Crippen LogP contribution in [0.2, 0.25) is 0 Å². The Hall–Kier alpha value is -3.60. The molecule has 2 N–H and O–H groups in total. The summed E-state index contributed by atoms with van der Waals surface area (Å²) < 4.78 is 5.60. The van der Waals surface area contributed by atoms with Crippen LogP contribution in [0.3, 0.4) is 0 Å². The zero-order chi connectivity index (χ0) is 22.1. The predicted molar refractivity (Wildman–Crippen MR) is 123 cm³/mol. The highest BCUT2D eigenvalue weighted by atomic mass is 16.5. The van der Waals surface area contributed by atoms with Crippen molar-refractivity contribution in [2.24, 2.45) is 0 Å². The molecule has 5 heteroatoms. The molecule has 0 aliphatic carbocycles. The first-order valence-electron chi connectivity index (χ1n) is 10.5. The molecule has 2 amide bonds. The molecule has 3 rings (SSSR count). The number of hydrogen-bond acceptors (Lipinski definition) is 3. The van der Waals surface area contributed by atoms with Gasteiger partial charge in [-0.3, -0.25) is 9.59 Å². The maximum atomic E-state index is 12.6. The molecule has 0 bridgehead atoms. The fourth-order valence-electron chi connectivity index (χ4n) is 3.13. The van der Waals surface area contributed by atoms with Crippen molar-refractivity contribution >= 4 is 17.5 Å². The molecule has 0 spiro atoms. The van der Waals surface area contributed by atoms with Crippen LogP contribution in [0.5, 0.6) is 5.75 Å². The van der Waals surface area contributed by atoms with E-state index in [1.54, 1.807) is 24.3 Å². The van der Waals surface area contributed by atoms with Crippen LogP contribution in [0.4, 0.5) is 5.69 Å². The van der Waals surface area contributed by atoms with Crippen LogP contribution in [-0.2, 0) is 11.3 Å². The van der Waals surface area contributed by atoms with Crippen LogP contribution in [0, 0.1) is 0 Å². The fourth-order valence-corrected chi connectivity index (χ4v) is 3.13. The minimum absolute atomic E-state index is 0.136. The lowest BCUT2D eigenvalue weighted by atomic mass is 9.99. The first kappa shape index (κ1) is 22.1. The van der Waals surface area contributed by atoms with Gasteiger partial charge in [-0.05, 0) is 47.7 Å². The zero-order valence-electron chi connectivity index (χ0n) is 17.9. The lowest BCUT2D eigenvalue weighted by molar-refractivity contribution is -0.118. The Balaban J connectivity index is 1.56. The van der Waals surface area contributed by atoms with Crippen molar-refractivity contribution in [1.29, 1.82) is 0 Å². The van der Waals surface area contributed by atoms with E-state index in [-0.39, 0.29) is 18.4 Å². The van der Waals surface area contributed by atoms with Gasteiger partial charge in [-0.15, -0.1) is 0 Å². The minimum atomic E-state index is -0.325. The van der Waals surface area contributed by atoms with Gasteiger partial charge in [-0.25, -0.2) is 0 Å². The average Bonchev–Trinajstić information content (AvgIpc) is 2.82. The molecule has 1 atom stereocenters. The molecule has 0 fully saturated rings. The van der Waals surface area contributed by atoms with Crippen molar-refractivity contribution < 1.29 is 14.3 Å². The van der Waals surface area contributed by atoms with Gasteiger partial charge in [0.1, 0.15) is 5.75 Å². The quantitative estimate of drug-likeness (QED) is 0.507. The van der Waals surface area contributed by atoms with Gasteiger partial charge in [0.25, 0.3) is 11.8 Å². The third-order valence-electron chi connectivity index (χ3n) is 5.17. The smallest absolute Gasteiger partial charge is 0.262 e. The normalized spacial score (nSPS) is 11.4. The SMILES string of the molecule is CC[C@@H](C)c1ccc(OCC(=O)Nc2ccccc2C(=O)NCc2ccccc2)cc1. The van der Waals surface area contributed by atoms with E-state index in [0.717, 1.165) is 12.0 Å². The second-order valence-corrected chi connectivity index (χ2v) is 7.43. The van der Waals surface area contributed by atoms with Crippen molar-refractivity contribution in [2.45, 2.75) is 32.7 Å². The Morgan fingerprint density at radius 1 is 0.903 bits per heavy atom. The Bertz CT molecular complexity index is 1000. The summed E-state index contributed by atoms with van der Waals surface area (Å²) in [5.74, 6) is 0.550. The molecular formula is C26H28N2O3. The van der Waals surface area contributed by atoms with Gasteiger partial charge in [0.05, 0.1) is 11.3 Å². The standard InChI is InChI=1S/C26H28N2O3/c1-3-19(2)21-13-15-22(16-14-21)31-18-25(29)28-24-12-8-7-11-23(24)26(30)27-17-20-9-5-4-6-10-20/h4-16,19H,3,17-18H2,1-2H3,(H,27,30)(H,28,29)/t19-/m1/s1. The summed E-state index contributed by atoms with van der Waals surface area (Å²) >= 11 is 0. The van der Waals surface area contributed by atoms with E-state index in [2.05, 4.69) is 24.5 Å². The zero-order valence-corrected chi connectivity index (χ0v) is 17.9. The maximum absolute atomic E-state index is 12.6. The topological polar surface area (TPSA) is 67.4 Å². The molecule has 160 valence electrons. The average molecular weight is 417 g/mol. The lowest BCUT2D eigenvalue weighted by Crippen LogP contribution is -2.26. The van der Waals surface area contributed by atoms with E-state index in [9.17, 15) is 9.59 Å². The van der Waals surface area contributed by atoms with Crippen LogP contribution < -0.4 is 15.4 Å². The predicted octanol–water partition coefficient (Wildman–Crippen LogP) is 5.15. The van der Waals surface area contributed by atoms with Crippen molar-refractivity contribution in [3.63, 3.8) is 0 Å². The molecule has 0 saturated carbocycles. The summed E-state index contributed by atoms with van der Waals surface area (Å²) in [6.07, 6.45) is 1.07. The highest BCUT2D eigenvalue weighted by molar-refractivity contribution is 6.04. The van der Waals surface area contributed by atoms with Gasteiger partial charge in [0, 0.05) is 6.54 Å². The number of amides is 2. The second-order valence-electron chi connectivity index (χ2n) is 7.43. The van der Waals surface area contributed by atoms with E-state index in [1.165, 1.54) is 5.56 Å². The first-order chi connectivity index (χ1) is 15.1. The Morgan fingerprint density at radius 2 is 1.58 bits per heavy atom. The first-order valence-corrected chi connectivity index (χ1v) is 10.5. The number of hydrogen-bond donors (Lipinski definition) is 2. The van der Waals surface area contributed by atoms with Crippen molar-refractivity contribution in [1.82, 2.24) is 5.32 Å². The monoisotopic (exact) mass is 416 g/mol. The number of carbonyl (C=O) groups excluding carboxylic acids is 2. The fraction of sp³-hybridized carbons (Fsp3) is 0.231. The van der Waals surface area contributed by atoms with E-state index in [0.29, 0.717) is 29.5 Å². The molecule has 0 saturated heterocycles. The van der Waals surface area contributed by atoms with Gasteiger partial charge >= 0.3 is 0 Å². The Kier molecular flexibility index (Phi) is 7.82. The molecule has 3 aromatic carbocycles. The van der Waals surface area contributed by atoms with Gasteiger partial charge in [0.2, 0.25) is 0 Å². The number of para-hydroxylation sites is 1. The molecule has 0 heterocycles. The summed E-state index contributed by atoms with van der Waals surface area (Å²) in [5, 5.41) is 5.66. The Labute approximate surface area is 183 Å². The second kappa shape index (κ2) is 11.0. The van der Waals surface area contributed by atoms with Crippen LogP contribution >= 0.6 is 0 Å². The largest absolute Gasteiger partial charge is 0.484 e. The van der Waals surface area contributed by atoms with E-state index >= 15 is 0 Å². The molecule has 31 heavy (non-hydrogen) atoms. The van der Waals surface area contributed by atoms with Crippen LogP contribution in [0.1, 0.15) is 47.7 Å². The Morgan fingerprint density at radius 3 is 2.29 bits per heavy atom. The van der Waals surface area contributed by atoms with E-state index in [4.69, 9.17) is 4.74 Å². The van der Waals surface area contributed by atoms with Gasteiger partial charge in [-0.1, -0.05) is 68.4 Å². The summed E-state index contributed by atoms with van der Waals surface area (Å²) in [5.41, 5.74) is 3.11. The minimum Gasteiger partial charge on any atom is -0.484 e. The van der Waals surface area contributed by atoms with Gasteiger partial charge < -0.3 is 15.4 Å². The number of anilines is 1. The molecule has 0 aliphatic rings. The lowest BCUT2D eigenvalue weighted by Gasteiger charge is -2.13. The van der Waals surface area contributed by atoms with Gasteiger partial charge in [0.15, 0.2) is 6.61 Å². The van der Waals surface area contributed by atoms with Gasteiger partial charge in [-0.2, -0.15) is 0 Å². The number of rotatable bonds is 9. The highest BCUT2D eigenvalue weighted by Crippen LogP contribution is 2.21. The number of nitrogens with one attached hydrogen (secondary N) is 2. The van der Waals surface area contributed by atoms with E-state index < -0.39 is 0 Å². The third kappa shape index (κ3) is 6.44. The molecule has 0 aromatic heterocycles. The van der Waals surface area contributed by atoms with Crippen molar-refractivity contribution in [3.8, 4) is 5.75 Å². The summed E-state index contributed by atoms with van der Waals surface area (Å²) in [7, 11) is 0. The van der Waals surface area contributed by atoms with Crippen LogP contribution in [0.15, 0.2) is 78.9 Å². The maximum Gasteiger partial charge on any atom is 0.262 e. The number of benzene rings is 3. The van der Waals surface area contributed by atoms with Crippen molar-refractivity contribution in [2.75, 3.05) is 11.9 Å². The molecule has 0 aliphatic heterocycles. The third-order valence-corrected chi connectivity index (χ3v) is 5.17. The summed E-state index contributed by atoms with van der Waals surface area (Å²) in [6, 6.07) is 24.4. The summed E-state index contributed by atoms with van der Waals surface area (Å²) in [6.45, 7) is 4.61. The molecule has 0 unspecified atom stereocenters. The molecule has 0 radical (unpaired) electrons. The number of ether oxygens (including phenoxy) is 1. The molecular weight excluding hydrogens is 388 g/mol. The summed E-state index contributed by atoms with van der Waals surface area (Å²) in [4.78, 5) is 25.0. The molecule has 5 nitrogen and oxygen atoms in total. The van der Waals surface area contributed by atoms with Crippen LogP contribution in [-0.4, -0.2) is 18.4 Å². The number of carbonyl (C=O) groups is 2. The highest BCUT2D eigenvalue weighted by Gasteiger charge is 2.13. The van der Waals surface area contributed by atoms with Crippen molar-refractivity contribution in [3.05, 3.63) is 95.6 Å². The van der Waals surface area contributed by atoms with E-state index in [1.807, 2.05) is 54.6 Å². The molecule has 3 aromatic rings.